The van der Waals surface area contributed by atoms with Crippen LogP contribution in [-0.4, -0.2) is 9.28 Å². The number of alkyl halides is 2. The van der Waals surface area contributed by atoms with Crippen molar-refractivity contribution < 1.29 is 0 Å². The van der Waals surface area contributed by atoms with E-state index < -0.39 is 0 Å². The molecule has 0 fully saturated rings. The maximum atomic E-state index is 7.32. The van der Waals surface area contributed by atoms with Crippen LogP contribution in [0.3, 0.4) is 0 Å². The fourth-order valence-electron chi connectivity index (χ4n) is 5.68. The molecule has 4 heteroatoms. The van der Waals surface area contributed by atoms with Gasteiger partial charge in [0.15, 0.2) is 0 Å². The summed E-state index contributed by atoms with van der Waals surface area (Å²) < 4.78 is 0.125. The van der Waals surface area contributed by atoms with E-state index in [-0.39, 0.29) is 26.3 Å². The zero-order valence-electron chi connectivity index (χ0n) is 24.3. The first-order chi connectivity index (χ1) is 15.6. The van der Waals surface area contributed by atoms with Gasteiger partial charge in [-0.2, -0.15) is 0 Å². The molecular formula is C30H64Br2N2. The molecule has 0 rings (SSSR count). The van der Waals surface area contributed by atoms with Gasteiger partial charge in [0, 0.05) is 5.54 Å². The summed E-state index contributed by atoms with van der Waals surface area (Å²) in [5.74, 6) is 0. The van der Waals surface area contributed by atoms with Crippen LogP contribution >= 0.6 is 31.9 Å². The lowest BCUT2D eigenvalue weighted by Crippen LogP contribution is -2.66. The topological polar surface area (TPSA) is 61.0 Å². The van der Waals surface area contributed by atoms with Crippen molar-refractivity contribution in [2.45, 2.75) is 179 Å². The first-order valence-electron chi connectivity index (χ1n) is 14.6. The van der Waals surface area contributed by atoms with Gasteiger partial charge in [-0.25, -0.2) is 0 Å². The molecule has 0 aliphatic heterocycles. The van der Waals surface area contributed by atoms with Crippen LogP contribution in [0.2, 0.25) is 0 Å². The highest BCUT2D eigenvalue weighted by molar-refractivity contribution is 9.24. The molecular weight excluding hydrogens is 548 g/mol. The minimum Gasteiger partial charge on any atom is -0.344 e. The molecule has 0 saturated heterocycles. The monoisotopic (exact) mass is 610 g/mol. The molecule has 2 nitrogen and oxygen atoms in total. The first kappa shape index (κ1) is 37.0. The quantitative estimate of drug-likeness (QED) is 0.0891. The highest BCUT2D eigenvalue weighted by atomic mass is 79.9. The Bertz CT molecular complexity index is 415. The van der Waals surface area contributed by atoms with Gasteiger partial charge in [-0.05, 0) is 23.7 Å². The van der Waals surface area contributed by atoms with Crippen LogP contribution in [0.25, 0.3) is 0 Å². The third-order valence-corrected chi connectivity index (χ3v) is 9.84. The van der Waals surface area contributed by atoms with Gasteiger partial charge in [-0.15, -0.1) is 0 Å². The molecule has 5 N–H and O–H groups in total. The van der Waals surface area contributed by atoms with Crippen molar-refractivity contribution in [3.8, 4) is 0 Å². The van der Waals surface area contributed by atoms with Gasteiger partial charge in [-0.1, -0.05) is 189 Å². The molecule has 0 spiro atoms. The number of rotatable bonds is 23. The molecule has 0 bridgehead atoms. The van der Waals surface area contributed by atoms with Crippen LogP contribution < -0.4 is 11.9 Å². The van der Waals surface area contributed by atoms with Crippen molar-refractivity contribution in [2.24, 2.45) is 16.6 Å². The van der Waals surface area contributed by atoms with E-state index in [0.717, 1.165) is 0 Å². The molecule has 0 radical (unpaired) electrons. The Morgan fingerprint density at radius 3 is 0.971 bits per heavy atom. The summed E-state index contributed by atoms with van der Waals surface area (Å²) in [6.07, 6.45) is 27.3. The van der Waals surface area contributed by atoms with E-state index in [0.29, 0.717) is 0 Å². The largest absolute Gasteiger partial charge is 0.344 e. The second kappa shape index (κ2) is 20.9. The second-order valence-electron chi connectivity index (χ2n) is 12.1. The number of unbranched alkanes of at least 4 members (excludes halogenated alkanes) is 16. The molecule has 0 saturated carbocycles. The predicted octanol–water partition coefficient (Wildman–Crippen LogP) is 11.9. The fourth-order valence-corrected chi connectivity index (χ4v) is 8.15. The van der Waals surface area contributed by atoms with Crippen LogP contribution in [0.4, 0.5) is 0 Å². The Hall–Kier alpha value is 0.880. The van der Waals surface area contributed by atoms with Crippen molar-refractivity contribution in [1.82, 2.24) is 6.15 Å². The summed E-state index contributed by atoms with van der Waals surface area (Å²) in [5.41, 5.74) is 7.19. The first-order valence-corrected chi connectivity index (χ1v) is 16.5. The molecule has 0 atom stereocenters. The summed E-state index contributed by atoms with van der Waals surface area (Å²) in [7, 11) is 0. The van der Waals surface area contributed by atoms with E-state index >= 15 is 0 Å². The van der Waals surface area contributed by atoms with E-state index in [2.05, 4.69) is 73.4 Å². The Morgan fingerprint density at radius 2 is 0.735 bits per heavy atom. The molecule has 208 valence electrons. The summed E-state index contributed by atoms with van der Waals surface area (Å²) in [4.78, 5) is 0. The smallest absolute Gasteiger partial charge is 0.0887 e. The third-order valence-electron chi connectivity index (χ3n) is 8.39. The Labute approximate surface area is 233 Å². The van der Waals surface area contributed by atoms with E-state index in [1.165, 1.54) is 128 Å². The average Bonchev–Trinajstić information content (AvgIpc) is 2.75. The van der Waals surface area contributed by atoms with Crippen LogP contribution in [0.1, 0.15) is 170 Å². The van der Waals surface area contributed by atoms with Gasteiger partial charge in [0.05, 0.1) is 3.74 Å². The summed E-state index contributed by atoms with van der Waals surface area (Å²) in [6, 6.07) is 0. The van der Waals surface area contributed by atoms with Gasteiger partial charge in [-0.3, -0.25) is 0 Å². The summed E-state index contributed by atoms with van der Waals surface area (Å²) in [6.45, 7) is 14.2. The SMILES string of the molecule is CCCCCCCCCCCC(C)(C)C(N)(C(Br)Br)C(C)(C)CCCCCCCCCCC.N. The van der Waals surface area contributed by atoms with Crippen LogP contribution in [0.5, 0.6) is 0 Å². The molecule has 0 aromatic rings. The van der Waals surface area contributed by atoms with Gasteiger partial charge < -0.3 is 11.9 Å². The number of nitrogens with two attached hydrogens (primary N) is 1. The molecule has 0 amide bonds. The third kappa shape index (κ3) is 14.0. The molecule has 0 aromatic heterocycles. The highest BCUT2D eigenvalue weighted by Crippen LogP contribution is 2.53. The van der Waals surface area contributed by atoms with Crippen LogP contribution in [0, 0.1) is 10.8 Å². The normalized spacial score (nSPS) is 12.9. The zero-order valence-corrected chi connectivity index (χ0v) is 27.4. The van der Waals surface area contributed by atoms with Crippen molar-refractivity contribution >= 4 is 31.9 Å². The molecule has 0 aliphatic rings. The van der Waals surface area contributed by atoms with Crippen molar-refractivity contribution in [3.63, 3.8) is 0 Å². The standard InChI is InChI=1S/C30H61Br2N.H3N/c1-7-9-11-13-15-17-19-21-23-25-28(3,4)30(33,27(31)32)29(5,6)26-24-22-20-18-16-14-12-10-8-2;/h27H,7-26,33H2,1-6H3;1H3. The highest BCUT2D eigenvalue weighted by Gasteiger charge is 2.54. The van der Waals surface area contributed by atoms with Crippen LogP contribution in [0.15, 0.2) is 0 Å². The van der Waals surface area contributed by atoms with E-state index in [4.69, 9.17) is 5.73 Å². The number of hydrogen-bond donors (Lipinski definition) is 2. The predicted molar refractivity (Wildman–Crippen MR) is 165 cm³/mol. The lowest BCUT2D eigenvalue weighted by Gasteiger charge is -2.55. The van der Waals surface area contributed by atoms with E-state index in [1.54, 1.807) is 0 Å². The van der Waals surface area contributed by atoms with Gasteiger partial charge >= 0.3 is 0 Å². The Morgan fingerprint density at radius 1 is 0.500 bits per heavy atom. The van der Waals surface area contributed by atoms with Crippen molar-refractivity contribution in [2.75, 3.05) is 0 Å². The van der Waals surface area contributed by atoms with Gasteiger partial charge in [0.1, 0.15) is 0 Å². The second-order valence-corrected chi connectivity index (χ2v) is 15.2. The van der Waals surface area contributed by atoms with Crippen molar-refractivity contribution in [3.05, 3.63) is 0 Å². The van der Waals surface area contributed by atoms with E-state index in [1.807, 2.05) is 0 Å². The Kier molecular flexibility index (Phi) is 22.7. The molecule has 34 heavy (non-hydrogen) atoms. The average molecular weight is 613 g/mol. The Balaban J connectivity index is 0. The molecule has 0 aliphatic carbocycles. The lowest BCUT2D eigenvalue weighted by atomic mass is 9.57. The zero-order chi connectivity index (χ0) is 25.2. The van der Waals surface area contributed by atoms with Gasteiger partial charge in [0.2, 0.25) is 0 Å². The molecule has 0 unspecified atom stereocenters. The summed E-state index contributed by atoms with van der Waals surface area (Å²) >= 11 is 7.78. The fraction of sp³-hybridized carbons (Fsp3) is 1.00. The van der Waals surface area contributed by atoms with E-state index in [9.17, 15) is 0 Å². The maximum Gasteiger partial charge on any atom is 0.0887 e. The molecule has 0 aromatic carbocycles. The number of hydrogen-bond acceptors (Lipinski definition) is 2. The minimum atomic E-state index is -0.291. The van der Waals surface area contributed by atoms with Crippen LogP contribution in [-0.2, 0) is 0 Å². The molecule has 0 heterocycles. The van der Waals surface area contributed by atoms with Crippen molar-refractivity contribution in [1.29, 1.82) is 0 Å². The maximum absolute atomic E-state index is 7.32. The lowest BCUT2D eigenvalue weighted by molar-refractivity contribution is 0.0330. The minimum absolute atomic E-state index is 0. The number of halogens is 2. The van der Waals surface area contributed by atoms with Gasteiger partial charge in [0.25, 0.3) is 0 Å². The summed E-state index contributed by atoms with van der Waals surface area (Å²) in [5, 5.41) is 0.